The fraction of sp³-hybridized carbons (Fsp3) is 0.600. The van der Waals surface area contributed by atoms with E-state index in [-0.39, 0.29) is 5.88 Å². The van der Waals surface area contributed by atoms with Crippen molar-refractivity contribution in [1.29, 1.82) is 0 Å². The van der Waals surface area contributed by atoms with E-state index in [0.29, 0.717) is 4.57 Å². The molecule has 21 heteroatoms. The van der Waals surface area contributed by atoms with E-state index in [4.69, 9.17) is 24.2 Å². The van der Waals surface area contributed by atoms with Crippen LogP contribution in [0.25, 0.3) is 0 Å². The third-order valence-electron chi connectivity index (χ3n) is 3.56. The molecule has 0 radical (unpaired) electrons. The highest BCUT2D eigenvalue weighted by Gasteiger charge is 2.47. The summed E-state index contributed by atoms with van der Waals surface area (Å²) in [5.41, 5.74) is -1.93. The number of hydrogen-bond acceptors (Lipinski definition) is 12. The van der Waals surface area contributed by atoms with Gasteiger partial charge in [-0.2, -0.15) is 8.62 Å². The van der Waals surface area contributed by atoms with Gasteiger partial charge in [-0.1, -0.05) is 0 Å². The zero-order valence-electron chi connectivity index (χ0n) is 15.1. The first-order chi connectivity index (χ1) is 14.1. The van der Waals surface area contributed by atoms with Crippen molar-refractivity contribution in [3.05, 3.63) is 26.9 Å². The largest absolute Gasteiger partial charge is 0.490 e. The van der Waals surface area contributed by atoms with Crippen LogP contribution in [-0.2, 0) is 31.6 Å². The summed E-state index contributed by atoms with van der Waals surface area (Å²) in [4.78, 5) is 60.7. The van der Waals surface area contributed by atoms with Gasteiger partial charge in [-0.25, -0.2) is 23.1 Å². The fourth-order valence-electron chi connectivity index (χ4n) is 2.43. The van der Waals surface area contributed by atoms with Gasteiger partial charge >= 0.3 is 29.2 Å². The molecule has 7 N–H and O–H groups in total. The summed E-state index contributed by atoms with van der Waals surface area (Å²) in [6.45, 7) is -1.08. The monoisotopic (exact) mass is 514 g/mol. The minimum Gasteiger partial charge on any atom is -0.482 e. The Bertz CT molecular complexity index is 1060. The van der Waals surface area contributed by atoms with Crippen LogP contribution in [0.15, 0.2) is 15.7 Å². The van der Waals surface area contributed by atoms with E-state index in [1.165, 1.54) is 0 Å². The molecule has 0 saturated carbocycles. The summed E-state index contributed by atoms with van der Waals surface area (Å²) >= 11 is 0. The average molecular weight is 514 g/mol. The lowest BCUT2D eigenvalue weighted by molar-refractivity contribution is -0.0570. The van der Waals surface area contributed by atoms with Crippen molar-refractivity contribution in [2.45, 2.75) is 24.5 Å². The van der Waals surface area contributed by atoms with E-state index >= 15 is 0 Å². The van der Waals surface area contributed by atoms with Crippen LogP contribution in [0.4, 0.5) is 0 Å². The molecule has 0 aliphatic carbocycles. The molecule has 2 rings (SSSR count). The molecule has 0 bridgehead atoms. The van der Waals surface area contributed by atoms with Gasteiger partial charge < -0.3 is 39.3 Å². The zero-order chi connectivity index (χ0) is 23.8. The smallest absolute Gasteiger partial charge is 0.482 e. The van der Waals surface area contributed by atoms with Crippen molar-refractivity contribution in [3.8, 4) is 5.88 Å². The third-order valence-corrected chi connectivity index (χ3v) is 7.36. The minimum atomic E-state index is -5.76. The number of aliphatic hydroxyl groups excluding tert-OH is 2. The number of hydrogen-bond donors (Lipinski definition) is 7. The summed E-state index contributed by atoms with van der Waals surface area (Å²) in [5, 5.41) is 20.2. The van der Waals surface area contributed by atoms with E-state index in [9.17, 15) is 38.4 Å². The molecule has 1 aliphatic rings. The van der Waals surface area contributed by atoms with Crippen molar-refractivity contribution in [2.24, 2.45) is 0 Å². The second-order valence-corrected chi connectivity index (χ2v) is 10.2. The minimum absolute atomic E-state index is 0.362. The predicted molar refractivity (Wildman–Crippen MR) is 93.6 cm³/mol. The van der Waals surface area contributed by atoms with Gasteiger partial charge in [0.05, 0.1) is 19.8 Å². The molecule has 1 fully saturated rings. The number of phosphoric ester groups is 1. The van der Waals surface area contributed by atoms with Crippen molar-refractivity contribution in [2.75, 3.05) is 13.7 Å². The van der Waals surface area contributed by atoms with Crippen molar-refractivity contribution >= 4 is 23.5 Å². The Morgan fingerprint density at radius 2 is 1.68 bits per heavy atom. The first-order valence-corrected chi connectivity index (χ1v) is 12.3. The van der Waals surface area contributed by atoms with Gasteiger partial charge in [0.2, 0.25) is 5.88 Å². The van der Waals surface area contributed by atoms with Gasteiger partial charge in [0.15, 0.2) is 6.23 Å². The quantitative estimate of drug-likeness (QED) is 0.168. The van der Waals surface area contributed by atoms with Crippen LogP contribution in [0, 0.1) is 0 Å². The maximum absolute atomic E-state index is 12.0. The van der Waals surface area contributed by atoms with Crippen LogP contribution in [0.3, 0.4) is 0 Å². The van der Waals surface area contributed by atoms with Crippen LogP contribution in [0.5, 0.6) is 5.88 Å². The van der Waals surface area contributed by atoms with E-state index < -0.39 is 65.9 Å². The van der Waals surface area contributed by atoms with E-state index in [2.05, 4.69) is 13.1 Å². The molecule has 1 aliphatic heterocycles. The van der Waals surface area contributed by atoms with Crippen LogP contribution < -0.4 is 16.0 Å². The lowest BCUT2D eigenvalue weighted by Gasteiger charge is -2.20. The first kappa shape index (κ1) is 26.0. The van der Waals surface area contributed by atoms with Crippen LogP contribution in [-0.4, -0.2) is 71.4 Å². The predicted octanol–water partition coefficient (Wildman–Crippen LogP) is -2.49. The lowest BCUT2D eigenvalue weighted by Crippen LogP contribution is -2.38. The molecule has 1 saturated heterocycles. The standard InChI is InChI=1S/C10H17N2O16P3/c1-24-6-2-5(13)11-10(16)12(6)9-8(15)7(14)4(26-9)3-25-30(20,21)28-31(22,23)27-29(17,18)19/h2,4,7-9,14-15H,3H2,1H3,(H,20,21)(H,22,23)(H,11,13,16)(H2,17,18,19)/t4-,7-,8-,9-/m1/s1. The molecule has 2 unspecified atom stereocenters. The second-order valence-electron chi connectivity index (χ2n) is 5.78. The van der Waals surface area contributed by atoms with E-state index in [1.54, 1.807) is 0 Å². The number of nitrogens with one attached hydrogen (secondary N) is 1. The topological polar surface area (TPSA) is 274 Å². The highest BCUT2D eigenvalue weighted by atomic mass is 31.3. The summed E-state index contributed by atoms with van der Waals surface area (Å²) in [5.74, 6) is -0.362. The Balaban J connectivity index is 2.14. The van der Waals surface area contributed by atoms with Crippen molar-refractivity contribution in [3.63, 3.8) is 0 Å². The maximum atomic E-state index is 12.0. The van der Waals surface area contributed by atoms with E-state index in [1.807, 2.05) is 4.98 Å². The number of aromatic amines is 1. The molecule has 0 aromatic carbocycles. The molecule has 31 heavy (non-hydrogen) atoms. The average Bonchev–Trinajstić information content (AvgIpc) is 2.84. The van der Waals surface area contributed by atoms with Gasteiger partial charge in [0.1, 0.15) is 18.3 Å². The molecule has 1 aromatic rings. The number of rotatable bonds is 9. The van der Waals surface area contributed by atoms with Crippen LogP contribution in [0.1, 0.15) is 6.23 Å². The van der Waals surface area contributed by atoms with Gasteiger partial charge in [0, 0.05) is 0 Å². The van der Waals surface area contributed by atoms with Gasteiger partial charge in [-0.15, -0.1) is 0 Å². The normalized spacial score (nSPS) is 28.1. The lowest BCUT2D eigenvalue weighted by atomic mass is 10.1. The summed E-state index contributed by atoms with van der Waals surface area (Å²) < 4.78 is 55.6. The van der Waals surface area contributed by atoms with Crippen LogP contribution in [0.2, 0.25) is 0 Å². The highest BCUT2D eigenvalue weighted by molar-refractivity contribution is 7.66. The number of ether oxygens (including phenoxy) is 2. The Hall–Kier alpha value is -1.23. The number of aliphatic hydroxyl groups is 2. The number of nitrogens with zero attached hydrogens (tertiary/aromatic N) is 1. The zero-order valence-corrected chi connectivity index (χ0v) is 17.8. The van der Waals surface area contributed by atoms with Gasteiger partial charge in [-0.05, 0) is 0 Å². The SMILES string of the molecule is COc1cc(=O)[nH]c(=O)n1[C@@H]1O[C@H](COP(=O)(O)OP(=O)(O)OP(=O)(O)O)[C@@H](O)[C@H]1O. The maximum Gasteiger partial charge on any atom is 0.490 e. The number of aromatic nitrogens is 2. The molecule has 178 valence electrons. The Morgan fingerprint density at radius 3 is 2.23 bits per heavy atom. The molecule has 0 spiro atoms. The third kappa shape index (κ3) is 6.87. The molecule has 18 nitrogen and oxygen atoms in total. The van der Waals surface area contributed by atoms with E-state index in [0.717, 1.165) is 13.2 Å². The molecular formula is C10H17N2O16P3. The fourth-order valence-corrected chi connectivity index (χ4v) is 5.46. The Morgan fingerprint density at radius 1 is 1.06 bits per heavy atom. The van der Waals surface area contributed by atoms with Crippen LogP contribution >= 0.6 is 23.5 Å². The summed E-state index contributed by atoms with van der Waals surface area (Å²) in [7, 11) is -15.8. The van der Waals surface area contributed by atoms with Crippen molar-refractivity contribution < 1.29 is 66.1 Å². The van der Waals surface area contributed by atoms with Crippen molar-refractivity contribution in [1.82, 2.24) is 9.55 Å². The number of methoxy groups -OCH3 is 1. The number of H-pyrrole nitrogens is 1. The second kappa shape index (κ2) is 9.33. The molecular weight excluding hydrogens is 497 g/mol. The first-order valence-electron chi connectivity index (χ1n) is 7.75. The van der Waals surface area contributed by atoms with Gasteiger partial charge in [-0.3, -0.25) is 14.3 Å². The molecule has 1 aromatic heterocycles. The number of phosphoric acid groups is 3. The van der Waals surface area contributed by atoms with Gasteiger partial charge in [0.25, 0.3) is 5.56 Å². The molecule has 2 heterocycles. The summed E-state index contributed by atoms with van der Waals surface area (Å²) in [6, 6.07) is 0.837. The highest BCUT2D eigenvalue weighted by Crippen LogP contribution is 2.66. The molecule has 0 amide bonds. The summed E-state index contributed by atoms with van der Waals surface area (Å²) in [6.07, 6.45) is -6.98. The Labute approximate surface area is 171 Å². The molecule has 6 atom stereocenters. The Kier molecular flexibility index (Phi) is 7.83.